The number of aliphatic imine (C=N–C) groups is 1. The smallest absolute Gasteiger partial charge is 0.319 e. The highest BCUT2D eigenvalue weighted by Crippen LogP contribution is 2.54. The zero-order valence-electron chi connectivity index (χ0n) is 23.5. The molecule has 4 aromatic rings. The second kappa shape index (κ2) is 9.40. The molecule has 208 valence electrons. The molecule has 1 spiro atoms. The van der Waals surface area contributed by atoms with Gasteiger partial charge in [-0.2, -0.15) is 9.97 Å². The number of imidazole rings is 1. The molecule has 1 aliphatic heterocycles. The lowest BCUT2D eigenvalue weighted by atomic mass is 9.68. The topological polar surface area (TPSA) is 120 Å². The Morgan fingerprint density at radius 2 is 2.08 bits per heavy atom. The molecule has 0 bridgehead atoms. The van der Waals surface area contributed by atoms with Crippen LogP contribution in [0.1, 0.15) is 67.0 Å². The second-order valence-electron chi connectivity index (χ2n) is 11.7. The zero-order valence-corrected chi connectivity index (χ0v) is 23.5. The molecule has 1 saturated heterocycles. The van der Waals surface area contributed by atoms with Gasteiger partial charge in [0.1, 0.15) is 23.0 Å². The summed E-state index contributed by atoms with van der Waals surface area (Å²) in [7, 11) is 4.09. The minimum atomic E-state index is -0.277. The van der Waals surface area contributed by atoms with Gasteiger partial charge in [0.05, 0.1) is 18.3 Å². The van der Waals surface area contributed by atoms with Gasteiger partial charge in [0.15, 0.2) is 11.4 Å². The SMILES string of the molecule is C=NCc1c(N)ccc2c1C1(CCCc3c(-c4nc(OC(C)C5CCCN5C)nc5c4ncn5C)noc31)CC2. The third-order valence-corrected chi connectivity index (χ3v) is 9.43. The molecule has 1 aromatic carbocycles. The van der Waals surface area contributed by atoms with E-state index in [1.165, 1.54) is 17.5 Å². The van der Waals surface area contributed by atoms with Crippen LogP contribution in [-0.4, -0.2) is 62.0 Å². The van der Waals surface area contributed by atoms with Gasteiger partial charge >= 0.3 is 6.01 Å². The number of fused-ring (bicyclic) bond motifs is 5. The molecule has 40 heavy (non-hydrogen) atoms. The summed E-state index contributed by atoms with van der Waals surface area (Å²) in [6.45, 7) is 7.42. The molecular weight excluding hydrogens is 504 g/mol. The summed E-state index contributed by atoms with van der Waals surface area (Å²) in [5.74, 6) is 0.925. The van der Waals surface area contributed by atoms with Gasteiger partial charge in [-0.05, 0) is 89.4 Å². The number of nitrogens with two attached hydrogens (primary N) is 1. The zero-order chi connectivity index (χ0) is 27.6. The number of nitrogens with zero attached hydrogens (tertiary/aromatic N) is 7. The van der Waals surface area contributed by atoms with E-state index in [-0.39, 0.29) is 11.5 Å². The van der Waals surface area contributed by atoms with E-state index in [1.807, 2.05) is 17.7 Å². The minimum absolute atomic E-state index is 0.0436. The number of aromatic nitrogens is 5. The van der Waals surface area contributed by atoms with E-state index in [0.29, 0.717) is 35.5 Å². The maximum absolute atomic E-state index is 6.48. The Labute approximate surface area is 233 Å². The van der Waals surface area contributed by atoms with E-state index < -0.39 is 0 Å². The van der Waals surface area contributed by atoms with Crippen LogP contribution in [0.4, 0.5) is 5.69 Å². The molecular formula is C30H36N8O2. The average Bonchev–Trinajstić information content (AvgIpc) is 3.73. The summed E-state index contributed by atoms with van der Waals surface area (Å²) in [6, 6.07) is 4.84. The van der Waals surface area contributed by atoms with Crippen LogP contribution in [0.3, 0.4) is 0 Å². The van der Waals surface area contributed by atoms with Crippen molar-refractivity contribution in [2.24, 2.45) is 12.0 Å². The van der Waals surface area contributed by atoms with E-state index in [1.54, 1.807) is 6.33 Å². The van der Waals surface area contributed by atoms with Gasteiger partial charge < -0.3 is 19.6 Å². The van der Waals surface area contributed by atoms with Gasteiger partial charge in [-0.1, -0.05) is 11.2 Å². The van der Waals surface area contributed by atoms with Crippen molar-refractivity contribution in [2.45, 2.75) is 76.0 Å². The number of likely N-dealkylation sites (N-methyl/N-ethyl adjacent to an activating group) is 1. The summed E-state index contributed by atoms with van der Waals surface area (Å²) in [5.41, 5.74) is 14.5. The number of likely N-dealkylation sites (tertiary alicyclic amines) is 1. The van der Waals surface area contributed by atoms with Crippen molar-refractivity contribution in [1.82, 2.24) is 29.6 Å². The normalized spacial score (nSPS) is 23.0. The predicted molar refractivity (Wildman–Crippen MR) is 154 cm³/mol. The molecule has 10 nitrogen and oxygen atoms in total. The van der Waals surface area contributed by atoms with Gasteiger partial charge in [0, 0.05) is 29.9 Å². The monoisotopic (exact) mass is 540 g/mol. The molecule has 0 radical (unpaired) electrons. The average molecular weight is 541 g/mol. The van der Waals surface area contributed by atoms with Crippen molar-refractivity contribution in [3.8, 4) is 17.4 Å². The summed E-state index contributed by atoms with van der Waals surface area (Å²) < 4.78 is 14.6. The Balaban J connectivity index is 1.35. The van der Waals surface area contributed by atoms with E-state index in [2.05, 4.69) is 46.8 Å². The fraction of sp³-hybridized carbons (Fsp3) is 0.500. The summed E-state index contributed by atoms with van der Waals surface area (Å²) >= 11 is 0. The molecule has 3 atom stereocenters. The Morgan fingerprint density at radius 3 is 2.88 bits per heavy atom. The number of rotatable bonds is 6. The molecule has 3 aromatic heterocycles. The van der Waals surface area contributed by atoms with Crippen molar-refractivity contribution < 1.29 is 9.26 Å². The first-order valence-corrected chi connectivity index (χ1v) is 14.3. The molecule has 2 N–H and O–H groups in total. The van der Waals surface area contributed by atoms with Crippen LogP contribution in [0.25, 0.3) is 22.6 Å². The molecule has 3 unspecified atom stereocenters. The summed E-state index contributed by atoms with van der Waals surface area (Å²) in [6.07, 6.45) is 8.79. The van der Waals surface area contributed by atoms with Crippen molar-refractivity contribution in [1.29, 1.82) is 0 Å². The highest BCUT2D eigenvalue weighted by molar-refractivity contribution is 5.87. The first-order chi connectivity index (χ1) is 19.4. The van der Waals surface area contributed by atoms with Gasteiger partial charge in [0.2, 0.25) is 0 Å². The molecule has 2 aliphatic carbocycles. The Hall–Kier alpha value is -3.79. The Kier molecular flexibility index (Phi) is 5.92. The van der Waals surface area contributed by atoms with Crippen molar-refractivity contribution in [3.63, 3.8) is 0 Å². The van der Waals surface area contributed by atoms with Crippen LogP contribution in [-0.2, 0) is 31.8 Å². The second-order valence-corrected chi connectivity index (χ2v) is 11.7. The maximum atomic E-state index is 6.48. The van der Waals surface area contributed by atoms with Crippen molar-refractivity contribution >= 4 is 23.6 Å². The summed E-state index contributed by atoms with van der Waals surface area (Å²) in [4.78, 5) is 20.9. The van der Waals surface area contributed by atoms with E-state index in [4.69, 9.17) is 25.0 Å². The van der Waals surface area contributed by atoms with E-state index in [9.17, 15) is 0 Å². The van der Waals surface area contributed by atoms with Gasteiger partial charge in [-0.25, -0.2) is 4.98 Å². The molecule has 7 rings (SSSR count). The number of benzene rings is 1. The third kappa shape index (κ3) is 3.68. The van der Waals surface area contributed by atoms with Crippen LogP contribution in [0.5, 0.6) is 6.01 Å². The number of hydrogen-bond acceptors (Lipinski definition) is 9. The van der Waals surface area contributed by atoms with Crippen molar-refractivity contribution in [2.75, 3.05) is 19.3 Å². The van der Waals surface area contributed by atoms with Crippen LogP contribution in [0.2, 0.25) is 0 Å². The number of hydrogen-bond donors (Lipinski definition) is 1. The van der Waals surface area contributed by atoms with E-state index in [0.717, 1.165) is 73.3 Å². The minimum Gasteiger partial charge on any atom is -0.459 e. The molecule has 10 heteroatoms. The quantitative estimate of drug-likeness (QED) is 0.285. The highest BCUT2D eigenvalue weighted by atomic mass is 16.5. The number of anilines is 1. The molecule has 0 amide bonds. The lowest BCUT2D eigenvalue weighted by molar-refractivity contribution is 0.112. The molecule has 4 heterocycles. The predicted octanol–water partition coefficient (Wildman–Crippen LogP) is 4.23. The van der Waals surface area contributed by atoms with Gasteiger partial charge in [-0.3, -0.25) is 9.89 Å². The number of aryl methyl sites for hydroxylation is 2. The first-order valence-electron chi connectivity index (χ1n) is 14.3. The lowest BCUT2D eigenvalue weighted by Gasteiger charge is -2.34. The molecule has 1 fully saturated rings. The van der Waals surface area contributed by atoms with E-state index >= 15 is 0 Å². The molecule has 3 aliphatic rings. The lowest BCUT2D eigenvalue weighted by Crippen LogP contribution is -2.38. The third-order valence-electron chi connectivity index (χ3n) is 9.43. The fourth-order valence-electron chi connectivity index (χ4n) is 7.51. The summed E-state index contributed by atoms with van der Waals surface area (Å²) in [5, 5.41) is 4.68. The van der Waals surface area contributed by atoms with Crippen LogP contribution in [0, 0.1) is 0 Å². The first kappa shape index (κ1) is 25.2. The Bertz CT molecular complexity index is 1620. The van der Waals surface area contributed by atoms with Crippen LogP contribution >= 0.6 is 0 Å². The molecule has 0 saturated carbocycles. The van der Waals surface area contributed by atoms with Gasteiger partial charge in [-0.15, -0.1) is 0 Å². The van der Waals surface area contributed by atoms with Crippen molar-refractivity contribution in [3.05, 3.63) is 46.5 Å². The largest absolute Gasteiger partial charge is 0.459 e. The number of ether oxygens (including phenoxy) is 1. The van der Waals surface area contributed by atoms with Crippen LogP contribution < -0.4 is 10.5 Å². The standard InChI is InChI=1S/C30H36N8O2/c1-17(22-8-6-14-37(22)3)39-29-34-25(26-28(35-29)38(4)16-33-26)24-19-7-5-12-30(27(19)40-36-24)13-11-18-9-10-21(31)20(15-32-2)23(18)30/h9-10,16-17,22H,2,5-8,11-15,31H2,1,3-4H3. The fourth-order valence-corrected chi connectivity index (χ4v) is 7.51. The Morgan fingerprint density at radius 1 is 1.20 bits per heavy atom. The van der Waals surface area contributed by atoms with Crippen LogP contribution in [0.15, 0.2) is 28.0 Å². The highest BCUT2D eigenvalue weighted by Gasteiger charge is 2.49. The maximum Gasteiger partial charge on any atom is 0.319 e. The number of nitrogen functional groups attached to an aromatic ring is 1. The van der Waals surface area contributed by atoms with Gasteiger partial charge in [0.25, 0.3) is 0 Å².